The summed E-state index contributed by atoms with van der Waals surface area (Å²) in [7, 11) is 0. The number of carboxylic acid groups (broad SMARTS) is 1. The predicted molar refractivity (Wildman–Crippen MR) is 85.4 cm³/mol. The van der Waals surface area contributed by atoms with E-state index in [0.717, 1.165) is 6.07 Å². The second kappa shape index (κ2) is 6.46. The molecule has 122 valence electrons. The highest BCUT2D eigenvalue weighted by molar-refractivity contribution is 6.30. The van der Waals surface area contributed by atoms with E-state index in [9.17, 15) is 9.18 Å². The molecule has 0 saturated carbocycles. The van der Waals surface area contributed by atoms with E-state index in [-0.39, 0.29) is 16.1 Å². The molecular weight excluding hydrogens is 360 g/mol. The Morgan fingerprint density at radius 2 is 2.00 bits per heavy atom. The van der Waals surface area contributed by atoms with Crippen LogP contribution in [0.2, 0.25) is 10.2 Å². The number of aromatic nitrogens is 3. The summed E-state index contributed by atoms with van der Waals surface area (Å²) in [6, 6.07) is 10.0. The molecule has 9 heteroatoms. The van der Waals surface area contributed by atoms with Crippen LogP contribution in [0.1, 0.15) is 0 Å². The summed E-state index contributed by atoms with van der Waals surface area (Å²) in [4.78, 5) is 14.8. The molecule has 0 radical (unpaired) electrons. The van der Waals surface area contributed by atoms with Gasteiger partial charge in [-0.1, -0.05) is 29.3 Å². The number of rotatable bonds is 3. The summed E-state index contributed by atoms with van der Waals surface area (Å²) in [5.74, 6) is -0.442. The second-order valence-corrected chi connectivity index (χ2v) is 5.45. The Bertz CT molecular complexity index is 910. The third-order valence-corrected chi connectivity index (χ3v) is 3.38. The van der Waals surface area contributed by atoms with Crippen molar-refractivity contribution in [2.45, 2.75) is 0 Å². The van der Waals surface area contributed by atoms with Gasteiger partial charge >= 0.3 is 6.16 Å². The monoisotopic (exact) mass is 367 g/mol. The van der Waals surface area contributed by atoms with Crippen molar-refractivity contribution in [1.82, 2.24) is 14.8 Å². The minimum Gasteiger partial charge on any atom is -0.449 e. The number of hydrogen-bond donors (Lipinski definition) is 1. The Balaban J connectivity index is 2.19. The summed E-state index contributed by atoms with van der Waals surface area (Å²) < 4.78 is 19.5. The molecule has 1 N–H and O–H groups in total. The number of hydrogen-bond acceptors (Lipinski definition) is 4. The molecule has 0 aliphatic carbocycles. The van der Waals surface area contributed by atoms with Gasteiger partial charge in [0.25, 0.3) is 0 Å². The van der Waals surface area contributed by atoms with Gasteiger partial charge in [0.2, 0.25) is 5.88 Å². The SMILES string of the molecule is O=C(O)Oc1cc(-c2cc(F)cc(Cl)c2)n(-c2cccc(Cl)n2)n1. The topological polar surface area (TPSA) is 77.2 Å². The summed E-state index contributed by atoms with van der Waals surface area (Å²) in [5.41, 5.74) is 0.705. The Morgan fingerprint density at radius 1 is 1.21 bits per heavy atom. The van der Waals surface area contributed by atoms with Crippen LogP contribution in [-0.4, -0.2) is 26.0 Å². The molecule has 1 aromatic carbocycles. The lowest BCUT2D eigenvalue weighted by atomic mass is 10.1. The van der Waals surface area contributed by atoms with Crippen LogP contribution in [0, 0.1) is 5.82 Å². The van der Waals surface area contributed by atoms with Crippen LogP contribution in [-0.2, 0) is 0 Å². The molecule has 2 heterocycles. The van der Waals surface area contributed by atoms with Gasteiger partial charge in [-0.2, -0.15) is 0 Å². The number of halogens is 3. The molecule has 0 atom stereocenters. The van der Waals surface area contributed by atoms with Crippen LogP contribution in [0.15, 0.2) is 42.5 Å². The van der Waals surface area contributed by atoms with Crippen LogP contribution in [0.5, 0.6) is 5.88 Å². The van der Waals surface area contributed by atoms with E-state index in [1.54, 1.807) is 18.2 Å². The Kier molecular flexibility index (Phi) is 4.37. The van der Waals surface area contributed by atoms with Crippen molar-refractivity contribution in [3.05, 3.63) is 58.5 Å². The lowest BCUT2D eigenvalue weighted by Crippen LogP contribution is -2.05. The highest BCUT2D eigenvalue weighted by Crippen LogP contribution is 2.29. The highest BCUT2D eigenvalue weighted by atomic mass is 35.5. The van der Waals surface area contributed by atoms with Gasteiger partial charge in [0.05, 0.1) is 5.69 Å². The Labute approximate surface area is 145 Å². The largest absolute Gasteiger partial charge is 0.512 e. The van der Waals surface area contributed by atoms with Crippen LogP contribution >= 0.6 is 23.2 Å². The van der Waals surface area contributed by atoms with Gasteiger partial charge in [-0.05, 0) is 30.3 Å². The van der Waals surface area contributed by atoms with Crippen LogP contribution in [0.25, 0.3) is 17.1 Å². The average Bonchev–Trinajstić information content (AvgIpc) is 2.89. The molecule has 6 nitrogen and oxygen atoms in total. The molecule has 3 rings (SSSR count). The van der Waals surface area contributed by atoms with E-state index in [4.69, 9.17) is 28.3 Å². The minimum atomic E-state index is -1.53. The fraction of sp³-hybridized carbons (Fsp3) is 0. The zero-order valence-electron chi connectivity index (χ0n) is 11.8. The van der Waals surface area contributed by atoms with Gasteiger partial charge in [-0.15, -0.1) is 5.10 Å². The van der Waals surface area contributed by atoms with E-state index in [0.29, 0.717) is 17.1 Å². The highest BCUT2D eigenvalue weighted by Gasteiger charge is 2.16. The number of carbonyl (C=O) groups is 1. The normalized spacial score (nSPS) is 10.6. The van der Waals surface area contributed by atoms with Crippen LogP contribution in [0.3, 0.4) is 0 Å². The standard InChI is InChI=1S/C15H8Cl2FN3O3/c16-9-4-8(5-10(18)6-9)11-7-14(24-15(22)23)20-21(11)13-3-1-2-12(17)19-13/h1-7H,(H,22,23). The second-order valence-electron chi connectivity index (χ2n) is 4.62. The van der Waals surface area contributed by atoms with Gasteiger partial charge < -0.3 is 9.84 Å². The first-order chi connectivity index (χ1) is 11.4. The van der Waals surface area contributed by atoms with E-state index < -0.39 is 12.0 Å². The Hall–Kier alpha value is -2.64. The van der Waals surface area contributed by atoms with Crippen molar-refractivity contribution in [2.75, 3.05) is 0 Å². The van der Waals surface area contributed by atoms with Crippen molar-refractivity contribution in [3.8, 4) is 23.0 Å². The molecule has 0 saturated heterocycles. The molecular formula is C15H8Cl2FN3O3. The van der Waals surface area contributed by atoms with Crippen molar-refractivity contribution in [1.29, 1.82) is 0 Å². The van der Waals surface area contributed by atoms with Gasteiger partial charge in [-0.25, -0.2) is 18.9 Å². The predicted octanol–water partition coefficient (Wildman–Crippen LogP) is 4.44. The smallest absolute Gasteiger partial charge is 0.449 e. The molecule has 0 aliphatic heterocycles. The quantitative estimate of drug-likeness (QED) is 0.546. The van der Waals surface area contributed by atoms with Gasteiger partial charge in [0.15, 0.2) is 5.82 Å². The first kappa shape index (κ1) is 16.2. The molecule has 0 aliphatic rings. The van der Waals surface area contributed by atoms with Crippen molar-refractivity contribution < 1.29 is 19.0 Å². The summed E-state index contributed by atoms with van der Waals surface area (Å²) >= 11 is 11.8. The summed E-state index contributed by atoms with van der Waals surface area (Å²) in [6.45, 7) is 0. The lowest BCUT2D eigenvalue weighted by molar-refractivity contribution is 0.142. The maximum absolute atomic E-state index is 13.7. The maximum Gasteiger partial charge on any atom is 0.512 e. The molecule has 24 heavy (non-hydrogen) atoms. The first-order valence-corrected chi connectivity index (χ1v) is 7.28. The van der Waals surface area contributed by atoms with E-state index in [1.165, 1.54) is 22.9 Å². The lowest BCUT2D eigenvalue weighted by Gasteiger charge is -2.07. The minimum absolute atomic E-state index is 0.178. The van der Waals surface area contributed by atoms with E-state index in [1.807, 2.05) is 0 Å². The third kappa shape index (κ3) is 3.47. The average molecular weight is 368 g/mol. The fourth-order valence-corrected chi connectivity index (χ4v) is 2.48. The van der Waals surface area contributed by atoms with Crippen molar-refractivity contribution in [2.24, 2.45) is 0 Å². The Morgan fingerprint density at radius 3 is 2.67 bits per heavy atom. The first-order valence-electron chi connectivity index (χ1n) is 6.52. The summed E-state index contributed by atoms with van der Waals surface area (Å²) in [5, 5.41) is 13.2. The van der Waals surface area contributed by atoms with Crippen LogP contribution < -0.4 is 4.74 Å². The van der Waals surface area contributed by atoms with Gasteiger partial charge in [-0.3, -0.25) is 0 Å². The molecule has 0 spiro atoms. The van der Waals surface area contributed by atoms with Crippen molar-refractivity contribution in [3.63, 3.8) is 0 Å². The molecule has 0 fully saturated rings. The van der Waals surface area contributed by atoms with E-state index >= 15 is 0 Å². The van der Waals surface area contributed by atoms with Gasteiger partial charge in [0.1, 0.15) is 11.0 Å². The fourth-order valence-electron chi connectivity index (χ4n) is 2.10. The van der Waals surface area contributed by atoms with E-state index in [2.05, 4.69) is 14.8 Å². The summed E-state index contributed by atoms with van der Waals surface area (Å²) in [6.07, 6.45) is -1.53. The number of benzene rings is 1. The maximum atomic E-state index is 13.7. The molecule has 0 unspecified atom stereocenters. The number of pyridine rings is 1. The molecule has 3 aromatic rings. The molecule has 0 amide bonds. The molecule has 0 bridgehead atoms. The van der Waals surface area contributed by atoms with Crippen molar-refractivity contribution >= 4 is 29.4 Å². The number of ether oxygens (including phenoxy) is 1. The zero-order valence-corrected chi connectivity index (χ0v) is 13.3. The third-order valence-electron chi connectivity index (χ3n) is 2.95. The molecule has 2 aromatic heterocycles. The number of nitrogens with zero attached hydrogens (tertiary/aromatic N) is 3. The van der Waals surface area contributed by atoms with Gasteiger partial charge in [0, 0.05) is 16.7 Å². The van der Waals surface area contributed by atoms with Crippen LogP contribution in [0.4, 0.5) is 9.18 Å². The zero-order chi connectivity index (χ0) is 17.3.